The number of hydrogen-bond acceptors (Lipinski definition) is 7. The first-order valence-electron chi connectivity index (χ1n) is 17.1. The highest BCUT2D eigenvalue weighted by atomic mass is 32.1. The molecular weight excluding hydrogens is 658 g/mol. The van der Waals surface area contributed by atoms with Crippen LogP contribution in [0.1, 0.15) is 86.6 Å². The Bertz CT molecular complexity index is 1480. The zero-order valence-electron chi connectivity index (χ0n) is 29.4. The molecule has 2 heterocycles. The number of aryl methyl sites for hydroxylation is 1. The number of rotatable bonds is 8. The minimum Gasteiger partial charge on any atom is -0.496 e. The molecule has 2 aromatic carbocycles. The van der Waals surface area contributed by atoms with Gasteiger partial charge in [0.2, 0.25) is 6.41 Å². The van der Waals surface area contributed by atoms with Crippen LogP contribution < -0.4 is 15.4 Å². The second-order valence-corrected chi connectivity index (χ2v) is 14.2. The van der Waals surface area contributed by atoms with E-state index < -0.39 is 17.6 Å². The lowest BCUT2D eigenvalue weighted by atomic mass is 9.86. The van der Waals surface area contributed by atoms with Gasteiger partial charge in [-0.2, -0.15) is 13.2 Å². The highest BCUT2D eigenvalue weighted by Crippen LogP contribution is 2.48. The molecule has 1 aliphatic heterocycles. The monoisotopic (exact) mass is 709 g/mol. The number of amides is 1. The Labute approximate surface area is 291 Å². The summed E-state index contributed by atoms with van der Waals surface area (Å²) in [5.41, 5.74) is -0.0518. The molecule has 6 unspecified atom stereocenters. The van der Waals surface area contributed by atoms with Crippen molar-refractivity contribution in [3.8, 4) is 5.75 Å². The van der Waals surface area contributed by atoms with E-state index in [1.54, 1.807) is 13.2 Å². The number of aromatic nitrogens is 1. The van der Waals surface area contributed by atoms with Gasteiger partial charge in [-0.1, -0.05) is 33.6 Å². The summed E-state index contributed by atoms with van der Waals surface area (Å²) in [5, 5.41) is 6.40. The van der Waals surface area contributed by atoms with Gasteiger partial charge in [-0.05, 0) is 106 Å². The van der Waals surface area contributed by atoms with Gasteiger partial charge in [0.1, 0.15) is 11.6 Å². The quantitative estimate of drug-likeness (QED) is 0.179. The summed E-state index contributed by atoms with van der Waals surface area (Å²) in [4.78, 5) is 25.1. The van der Waals surface area contributed by atoms with Gasteiger partial charge in [0, 0.05) is 24.9 Å². The Morgan fingerprint density at radius 1 is 1.06 bits per heavy atom. The third kappa shape index (κ3) is 11.2. The second kappa shape index (κ2) is 19.3. The predicted octanol–water partition coefficient (Wildman–Crippen LogP) is 9.33. The molecule has 0 radical (unpaired) electrons. The van der Waals surface area contributed by atoms with Crippen LogP contribution in [0, 0.1) is 42.3 Å². The number of carbonyl (C=O) groups is 2. The molecule has 7 nitrogen and oxygen atoms in total. The van der Waals surface area contributed by atoms with Crippen molar-refractivity contribution in [1.29, 1.82) is 0 Å². The summed E-state index contributed by atoms with van der Waals surface area (Å²) in [7, 11) is 3.67. The van der Waals surface area contributed by atoms with Crippen LogP contribution in [-0.2, 0) is 15.7 Å². The third-order valence-corrected chi connectivity index (χ3v) is 10.8. The molecule has 272 valence electrons. The molecule has 1 saturated heterocycles. The smallest absolute Gasteiger partial charge is 0.419 e. The van der Waals surface area contributed by atoms with Crippen LogP contribution in [0.3, 0.4) is 0 Å². The molecular formula is C37H51F4N3O4S. The normalized spacial score (nSPS) is 24.0. The number of ether oxygens (including phenoxy) is 2. The number of hydrogen-bond donors (Lipinski definition) is 2. The summed E-state index contributed by atoms with van der Waals surface area (Å²) in [6.45, 7) is 10.9. The van der Waals surface area contributed by atoms with Crippen LogP contribution in [0.15, 0.2) is 30.3 Å². The van der Waals surface area contributed by atoms with Crippen molar-refractivity contribution in [2.75, 3.05) is 32.7 Å². The van der Waals surface area contributed by atoms with E-state index in [4.69, 9.17) is 9.47 Å². The zero-order valence-corrected chi connectivity index (χ0v) is 30.2. The van der Waals surface area contributed by atoms with Gasteiger partial charge in [-0.3, -0.25) is 9.59 Å². The van der Waals surface area contributed by atoms with Crippen molar-refractivity contribution < 1.29 is 36.6 Å². The minimum atomic E-state index is -4.76. The van der Waals surface area contributed by atoms with E-state index in [9.17, 15) is 27.2 Å². The summed E-state index contributed by atoms with van der Waals surface area (Å²) in [6, 6.07) is 6.70. The van der Waals surface area contributed by atoms with Crippen molar-refractivity contribution in [3.63, 3.8) is 0 Å². The van der Waals surface area contributed by atoms with Crippen molar-refractivity contribution in [3.05, 3.63) is 52.3 Å². The number of benzene rings is 2. The van der Waals surface area contributed by atoms with E-state index >= 15 is 0 Å². The van der Waals surface area contributed by atoms with Crippen LogP contribution in [0.2, 0.25) is 0 Å². The fourth-order valence-corrected chi connectivity index (χ4v) is 8.19. The van der Waals surface area contributed by atoms with E-state index in [0.29, 0.717) is 23.4 Å². The number of fused-ring (bicyclic) bond motifs is 3. The molecule has 3 aromatic rings. The van der Waals surface area contributed by atoms with E-state index in [1.165, 1.54) is 56.3 Å². The molecule has 6 rings (SSSR count). The number of nitrogens with zero attached hydrogens (tertiary/aromatic N) is 1. The van der Waals surface area contributed by atoms with E-state index in [1.807, 2.05) is 18.3 Å². The largest absolute Gasteiger partial charge is 0.496 e. The average Bonchev–Trinajstić information content (AvgIpc) is 3.80. The number of alkyl halides is 3. The molecule has 2 N–H and O–H groups in total. The Kier molecular flexibility index (Phi) is 15.9. The van der Waals surface area contributed by atoms with Crippen LogP contribution >= 0.6 is 11.3 Å². The molecule has 49 heavy (non-hydrogen) atoms. The lowest BCUT2D eigenvalue weighted by molar-refractivity contribution is -0.140. The maximum atomic E-state index is 12.7. The number of halogens is 4. The molecule has 12 heteroatoms. The highest BCUT2D eigenvalue weighted by molar-refractivity contribution is 7.18. The third-order valence-electron chi connectivity index (χ3n) is 9.81. The summed E-state index contributed by atoms with van der Waals surface area (Å²) in [5.74, 6) is 3.97. The van der Waals surface area contributed by atoms with Crippen LogP contribution in [0.25, 0.3) is 10.2 Å². The maximum Gasteiger partial charge on any atom is 0.419 e. The van der Waals surface area contributed by atoms with E-state index in [-0.39, 0.29) is 12.1 Å². The number of anilines is 1. The molecule has 2 aliphatic carbocycles. The summed E-state index contributed by atoms with van der Waals surface area (Å²) in [6.07, 6.45) is 6.14. The molecule has 6 atom stereocenters. The number of nitrogens with one attached hydrogen (secondary N) is 2. The first-order chi connectivity index (χ1) is 23.4. The number of carbonyl (C=O) groups excluding carboxylic acids is 2. The highest BCUT2D eigenvalue weighted by Gasteiger charge is 2.44. The van der Waals surface area contributed by atoms with Crippen molar-refractivity contribution >= 4 is 39.9 Å². The fraction of sp³-hybridized carbons (Fsp3) is 0.595. The molecule has 3 aliphatic rings. The maximum absolute atomic E-state index is 12.7. The number of methoxy groups -OCH3 is 1. The predicted molar refractivity (Wildman–Crippen MR) is 188 cm³/mol. The first-order valence-corrected chi connectivity index (χ1v) is 17.9. The van der Waals surface area contributed by atoms with Crippen molar-refractivity contribution in [1.82, 2.24) is 10.3 Å². The topological polar surface area (TPSA) is 89.5 Å². The number of aldehydes is 1. The fourth-order valence-electron chi connectivity index (χ4n) is 7.28. The Morgan fingerprint density at radius 3 is 2.33 bits per heavy atom. The van der Waals surface area contributed by atoms with Gasteiger partial charge >= 0.3 is 6.18 Å². The van der Waals surface area contributed by atoms with Crippen LogP contribution in [-0.4, -0.2) is 51.1 Å². The lowest BCUT2D eigenvalue weighted by Crippen LogP contribution is -2.36. The van der Waals surface area contributed by atoms with Crippen molar-refractivity contribution in [2.24, 2.45) is 29.6 Å². The van der Waals surface area contributed by atoms with Crippen LogP contribution in [0.4, 0.5) is 23.2 Å². The summed E-state index contributed by atoms with van der Waals surface area (Å²) < 4.78 is 60.5. The Balaban J connectivity index is 0.000000179. The lowest BCUT2D eigenvalue weighted by Gasteiger charge is -2.28. The Morgan fingerprint density at radius 2 is 1.78 bits per heavy atom. The standard InChI is InChI=1S/C10H9NO2S.C10H20O.C9H17N.C8H5F4NO/c1-6-11-8-3-4-9(13-2)7(5-12)10(8)14-6;1-3-5-10-6-9(4-2)7-11-8-10;1-6-7-3-4-8(5-7)9(6)10-2;9-7-2-1-5(13-4-14)3-6(7)8(10,11)12/h3-5H,1-2H3;9-10H,3-8H2,1-2H3;6-10H,3-5H2,1-2H3;1-4H,(H,13,14). The SMILES string of the molecule is CCCC1COCC(CC)C1.CNC1C2CCC(C2)C1C.COc1ccc2nc(C)sc2c1C=O.O=CNc1ccc(F)c(C(F)(F)F)c1. The molecule has 0 spiro atoms. The minimum absolute atomic E-state index is 0.103. The zero-order chi connectivity index (χ0) is 36.1. The molecule has 2 bridgehead atoms. The van der Waals surface area contributed by atoms with Gasteiger partial charge in [0.25, 0.3) is 0 Å². The molecule has 3 fully saturated rings. The van der Waals surface area contributed by atoms with Gasteiger partial charge in [0.15, 0.2) is 6.29 Å². The van der Waals surface area contributed by atoms with Crippen molar-refractivity contribution in [2.45, 2.75) is 84.9 Å². The number of thiazole rings is 1. The van der Waals surface area contributed by atoms with Crippen LogP contribution in [0.5, 0.6) is 5.75 Å². The molecule has 1 amide bonds. The van der Waals surface area contributed by atoms with Gasteiger partial charge in [0.05, 0.1) is 33.5 Å². The molecule has 2 saturated carbocycles. The van der Waals surface area contributed by atoms with Gasteiger partial charge in [-0.25, -0.2) is 9.37 Å². The second-order valence-electron chi connectivity index (χ2n) is 13.0. The van der Waals surface area contributed by atoms with Gasteiger partial charge < -0.3 is 20.1 Å². The Hall–Kier alpha value is -3.09. The summed E-state index contributed by atoms with van der Waals surface area (Å²) >= 11 is 1.51. The van der Waals surface area contributed by atoms with Gasteiger partial charge in [-0.15, -0.1) is 11.3 Å². The van der Waals surface area contributed by atoms with E-state index in [0.717, 1.165) is 76.4 Å². The van der Waals surface area contributed by atoms with E-state index in [2.05, 4.69) is 38.1 Å². The average molecular weight is 710 g/mol. The molecule has 1 aromatic heterocycles. The first kappa shape index (κ1) is 40.3.